The summed E-state index contributed by atoms with van der Waals surface area (Å²) in [7, 11) is 2.12. The van der Waals surface area contributed by atoms with E-state index in [1.54, 1.807) is 0 Å². The quantitative estimate of drug-likeness (QED) is 0.395. The fourth-order valence-electron chi connectivity index (χ4n) is 2.31. The Balaban J connectivity index is 2.55. The first-order valence-electron chi connectivity index (χ1n) is 5.54. The molecule has 1 heteroatoms. The molecule has 1 aromatic heterocycles. The zero-order valence-corrected chi connectivity index (χ0v) is 9.57. The molecule has 0 saturated heterocycles. The van der Waals surface area contributed by atoms with Gasteiger partial charge >= 0.3 is 0 Å². The van der Waals surface area contributed by atoms with Gasteiger partial charge in [-0.3, -0.25) is 0 Å². The normalized spacial score (nSPS) is 11.1. The second-order valence-electron chi connectivity index (χ2n) is 4.32. The van der Waals surface area contributed by atoms with Crippen LogP contribution >= 0.6 is 0 Å². The molecular formula is C15H14N+. The minimum absolute atomic E-state index is 1.28. The second-order valence-corrected chi connectivity index (χ2v) is 4.32. The molecule has 0 N–H and O–H groups in total. The number of nitrogens with zero attached hydrogens (tertiary/aromatic N) is 1. The lowest BCUT2D eigenvalue weighted by Crippen LogP contribution is -2.29. The number of hydrogen-bond donors (Lipinski definition) is 0. The maximum Gasteiger partial charge on any atom is 0.212 e. The monoisotopic (exact) mass is 208 g/mol. The fraction of sp³-hybridized carbons (Fsp3) is 0.133. The van der Waals surface area contributed by atoms with E-state index < -0.39 is 0 Å². The third-order valence-electron chi connectivity index (χ3n) is 3.15. The summed E-state index contributed by atoms with van der Waals surface area (Å²) >= 11 is 0. The van der Waals surface area contributed by atoms with Gasteiger partial charge in [0.25, 0.3) is 0 Å². The van der Waals surface area contributed by atoms with E-state index >= 15 is 0 Å². The zero-order valence-electron chi connectivity index (χ0n) is 9.57. The molecule has 3 rings (SSSR count). The highest BCUT2D eigenvalue weighted by Crippen LogP contribution is 2.18. The third kappa shape index (κ3) is 1.28. The summed E-state index contributed by atoms with van der Waals surface area (Å²) in [6.07, 6.45) is 0. The van der Waals surface area contributed by atoms with Crippen LogP contribution in [0, 0.1) is 6.92 Å². The van der Waals surface area contributed by atoms with Crippen LogP contribution in [-0.2, 0) is 7.05 Å². The Morgan fingerprint density at radius 1 is 0.812 bits per heavy atom. The van der Waals surface area contributed by atoms with Crippen LogP contribution in [0.5, 0.6) is 0 Å². The molecule has 0 fully saturated rings. The lowest BCUT2D eigenvalue weighted by atomic mass is 10.1. The SMILES string of the molecule is Cc1ccc2c(c1)cc1ccccc1[n+]2C. The van der Waals surface area contributed by atoms with E-state index in [-0.39, 0.29) is 0 Å². The lowest BCUT2D eigenvalue weighted by molar-refractivity contribution is -0.617. The summed E-state index contributed by atoms with van der Waals surface area (Å²) < 4.78 is 2.25. The van der Waals surface area contributed by atoms with E-state index in [2.05, 4.69) is 67.1 Å². The lowest BCUT2D eigenvalue weighted by Gasteiger charge is -2.02. The Bertz CT molecular complexity index is 683. The van der Waals surface area contributed by atoms with E-state index in [4.69, 9.17) is 0 Å². The summed E-state index contributed by atoms with van der Waals surface area (Å²) in [6, 6.07) is 17.4. The van der Waals surface area contributed by atoms with Crippen molar-refractivity contribution < 1.29 is 4.57 Å². The zero-order chi connectivity index (χ0) is 11.1. The summed E-state index contributed by atoms with van der Waals surface area (Å²) in [5.41, 5.74) is 3.87. The maximum atomic E-state index is 2.26. The minimum atomic E-state index is 1.28. The van der Waals surface area contributed by atoms with Gasteiger partial charge in [0.2, 0.25) is 11.0 Å². The molecule has 0 unspecified atom stereocenters. The van der Waals surface area contributed by atoms with Gasteiger partial charge in [-0.25, -0.2) is 0 Å². The van der Waals surface area contributed by atoms with Crippen LogP contribution in [-0.4, -0.2) is 0 Å². The van der Waals surface area contributed by atoms with E-state index in [1.807, 2.05) is 0 Å². The second kappa shape index (κ2) is 3.31. The first-order chi connectivity index (χ1) is 7.75. The van der Waals surface area contributed by atoms with Crippen molar-refractivity contribution >= 4 is 21.8 Å². The highest BCUT2D eigenvalue weighted by molar-refractivity contribution is 5.88. The van der Waals surface area contributed by atoms with E-state index in [1.165, 1.54) is 27.4 Å². The number of rotatable bonds is 0. The van der Waals surface area contributed by atoms with Crippen molar-refractivity contribution in [2.24, 2.45) is 7.05 Å². The Kier molecular flexibility index (Phi) is 1.93. The van der Waals surface area contributed by atoms with Gasteiger partial charge in [-0.1, -0.05) is 23.8 Å². The van der Waals surface area contributed by atoms with Gasteiger partial charge in [0, 0.05) is 22.9 Å². The molecule has 0 radical (unpaired) electrons. The van der Waals surface area contributed by atoms with Gasteiger partial charge < -0.3 is 0 Å². The van der Waals surface area contributed by atoms with Gasteiger partial charge in [0.1, 0.15) is 7.05 Å². The predicted octanol–water partition coefficient (Wildman–Crippen LogP) is 3.13. The van der Waals surface area contributed by atoms with Gasteiger partial charge in [-0.2, -0.15) is 4.57 Å². The molecular weight excluding hydrogens is 194 g/mol. The van der Waals surface area contributed by atoms with Crippen molar-refractivity contribution in [2.75, 3.05) is 0 Å². The molecule has 0 bridgehead atoms. The van der Waals surface area contributed by atoms with Crippen molar-refractivity contribution in [3.8, 4) is 0 Å². The Hall–Kier alpha value is -1.89. The van der Waals surface area contributed by atoms with Crippen LogP contribution in [0.4, 0.5) is 0 Å². The third-order valence-corrected chi connectivity index (χ3v) is 3.15. The molecule has 0 amide bonds. The first kappa shape index (κ1) is 9.34. The molecule has 16 heavy (non-hydrogen) atoms. The topological polar surface area (TPSA) is 3.88 Å². The molecule has 1 nitrogen and oxygen atoms in total. The smallest absolute Gasteiger partial charge is 0.194 e. The Morgan fingerprint density at radius 2 is 1.56 bits per heavy atom. The fourth-order valence-corrected chi connectivity index (χ4v) is 2.31. The highest BCUT2D eigenvalue weighted by Gasteiger charge is 2.10. The Morgan fingerprint density at radius 3 is 2.44 bits per heavy atom. The van der Waals surface area contributed by atoms with E-state index in [0.29, 0.717) is 0 Å². The van der Waals surface area contributed by atoms with E-state index in [9.17, 15) is 0 Å². The number of aryl methyl sites for hydroxylation is 2. The molecule has 0 atom stereocenters. The summed E-state index contributed by atoms with van der Waals surface area (Å²) in [5, 5.41) is 2.60. The number of para-hydroxylation sites is 1. The molecule has 0 aliphatic heterocycles. The van der Waals surface area contributed by atoms with Crippen LogP contribution in [0.25, 0.3) is 21.8 Å². The summed E-state index contributed by atoms with van der Waals surface area (Å²) in [6.45, 7) is 2.13. The van der Waals surface area contributed by atoms with Gasteiger partial charge in [-0.15, -0.1) is 0 Å². The average molecular weight is 208 g/mol. The maximum absolute atomic E-state index is 2.26. The Labute approximate surface area is 95.0 Å². The number of pyridine rings is 1. The van der Waals surface area contributed by atoms with Crippen molar-refractivity contribution in [3.05, 3.63) is 54.1 Å². The van der Waals surface area contributed by atoms with E-state index in [0.717, 1.165) is 0 Å². The minimum Gasteiger partial charge on any atom is -0.194 e. The van der Waals surface area contributed by atoms with Crippen LogP contribution in [0.1, 0.15) is 5.56 Å². The number of benzene rings is 2. The first-order valence-corrected chi connectivity index (χ1v) is 5.54. The largest absolute Gasteiger partial charge is 0.212 e. The predicted molar refractivity (Wildman–Crippen MR) is 67.4 cm³/mol. The summed E-state index contributed by atoms with van der Waals surface area (Å²) in [5.74, 6) is 0. The molecule has 3 aromatic rings. The van der Waals surface area contributed by atoms with Gasteiger partial charge in [-0.05, 0) is 25.1 Å². The van der Waals surface area contributed by atoms with Crippen LogP contribution < -0.4 is 4.57 Å². The summed E-state index contributed by atoms with van der Waals surface area (Å²) in [4.78, 5) is 0. The molecule has 0 saturated carbocycles. The van der Waals surface area contributed by atoms with Gasteiger partial charge in [0.05, 0.1) is 0 Å². The standard InChI is InChI=1S/C15H14N/c1-11-7-8-15-13(9-11)10-12-5-3-4-6-14(12)16(15)2/h3-10H,1-2H3/q+1. The molecule has 1 heterocycles. The van der Waals surface area contributed by atoms with Crippen LogP contribution in [0.2, 0.25) is 0 Å². The molecule has 0 aliphatic carbocycles. The van der Waals surface area contributed by atoms with Crippen LogP contribution in [0.15, 0.2) is 48.5 Å². The number of fused-ring (bicyclic) bond motifs is 2. The molecule has 0 aliphatic rings. The highest BCUT2D eigenvalue weighted by atomic mass is 14.9. The molecule has 2 aromatic carbocycles. The molecule has 78 valence electrons. The van der Waals surface area contributed by atoms with Crippen molar-refractivity contribution in [1.29, 1.82) is 0 Å². The van der Waals surface area contributed by atoms with Crippen molar-refractivity contribution in [3.63, 3.8) is 0 Å². The van der Waals surface area contributed by atoms with Crippen LogP contribution in [0.3, 0.4) is 0 Å². The van der Waals surface area contributed by atoms with Crippen molar-refractivity contribution in [1.82, 2.24) is 0 Å². The average Bonchev–Trinajstić information content (AvgIpc) is 2.29. The number of aromatic nitrogens is 1. The molecule has 0 spiro atoms. The van der Waals surface area contributed by atoms with Crippen molar-refractivity contribution in [2.45, 2.75) is 6.92 Å². The number of hydrogen-bond acceptors (Lipinski definition) is 0. The van der Waals surface area contributed by atoms with Gasteiger partial charge in [0.15, 0.2) is 0 Å².